The summed E-state index contributed by atoms with van der Waals surface area (Å²) in [7, 11) is 0. The molecule has 0 aromatic heterocycles. The quantitative estimate of drug-likeness (QED) is 0.427. The van der Waals surface area contributed by atoms with Gasteiger partial charge in [-0.15, -0.1) is 0 Å². The van der Waals surface area contributed by atoms with E-state index in [9.17, 15) is 14.7 Å². The molecule has 0 saturated carbocycles. The summed E-state index contributed by atoms with van der Waals surface area (Å²) in [4.78, 5) is 25.9. The summed E-state index contributed by atoms with van der Waals surface area (Å²) in [5.74, 6) is -2.69. The highest BCUT2D eigenvalue weighted by atomic mass is 19.1. The first-order valence-corrected chi connectivity index (χ1v) is 12.0. The molecule has 1 aliphatic rings. The third-order valence-corrected chi connectivity index (χ3v) is 6.72. The molecule has 1 fully saturated rings. The van der Waals surface area contributed by atoms with Crippen LogP contribution in [0.3, 0.4) is 0 Å². The first kappa shape index (κ1) is 28.9. The summed E-state index contributed by atoms with van der Waals surface area (Å²) in [5, 5.41) is 13.5. The lowest BCUT2D eigenvalue weighted by Crippen LogP contribution is -2.50. The number of ketones is 1. The van der Waals surface area contributed by atoms with Crippen molar-refractivity contribution in [1.29, 1.82) is 0 Å². The number of nitrogens with one attached hydrogen (secondary N) is 1. The number of esters is 1. The van der Waals surface area contributed by atoms with Gasteiger partial charge in [0.15, 0.2) is 5.78 Å². The van der Waals surface area contributed by atoms with E-state index in [1.807, 2.05) is 20.8 Å². The van der Waals surface area contributed by atoms with Gasteiger partial charge < -0.3 is 25.6 Å². The molecule has 1 rings (SSSR count). The number of aliphatic hydroxyl groups is 1. The van der Waals surface area contributed by atoms with Gasteiger partial charge in [-0.1, -0.05) is 34.6 Å². The number of Topliss-reactive ketones (excluding diaryl/α,β-unsaturated/α-hetero) is 1. The van der Waals surface area contributed by atoms with Gasteiger partial charge >= 0.3 is 5.97 Å². The molecular formula is C24H45FN2O5. The van der Waals surface area contributed by atoms with E-state index in [2.05, 4.69) is 12.2 Å². The minimum atomic E-state index is -2.78. The smallest absolute Gasteiger partial charge is 0.351 e. The van der Waals surface area contributed by atoms with Crippen molar-refractivity contribution < 1.29 is 28.6 Å². The van der Waals surface area contributed by atoms with Crippen molar-refractivity contribution >= 4 is 11.8 Å². The van der Waals surface area contributed by atoms with Gasteiger partial charge in [0.05, 0.1) is 18.8 Å². The maximum Gasteiger partial charge on any atom is 0.351 e. The largest absolute Gasteiger partial charge is 0.459 e. The molecule has 188 valence electrons. The van der Waals surface area contributed by atoms with Crippen LogP contribution in [0.1, 0.15) is 67.7 Å². The normalized spacial score (nSPS) is 38.3. The Morgan fingerprint density at radius 1 is 1.28 bits per heavy atom. The fourth-order valence-electron chi connectivity index (χ4n) is 4.41. The van der Waals surface area contributed by atoms with E-state index < -0.39 is 47.7 Å². The molecule has 0 aliphatic carbocycles. The molecule has 1 saturated heterocycles. The van der Waals surface area contributed by atoms with Crippen LogP contribution in [0.4, 0.5) is 4.39 Å². The van der Waals surface area contributed by atoms with E-state index in [0.717, 1.165) is 32.9 Å². The van der Waals surface area contributed by atoms with Crippen LogP contribution in [0.15, 0.2) is 0 Å². The van der Waals surface area contributed by atoms with Crippen LogP contribution in [-0.2, 0) is 19.1 Å². The number of carbonyl (C=O) groups is 2. The molecule has 9 atom stereocenters. The number of alkyl halides is 1. The summed E-state index contributed by atoms with van der Waals surface area (Å²) in [5.41, 5.74) is 2.95. The standard InChI is InChI=1S/C24H45FN2O5/c1-8-20-15(3)9-10-27-12-14(2)11-16(4)21(31-13-19(28)18(6)26)17(5)22(29)24(7,25)23(30)32-20/h14-21,27-28H,8-13,26H2,1-7H3/t14-,15-,16+,17-,18?,19?,20-,21+,24?/m1/s1. The van der Waals surface area contributed by atoms with Gasteiger partial charge in [0, 0.05) is 12.0 Å². The van der Waals surface area contributed by atoms with Gasteiger partial charge in [0.1, 0.15) is 6.10 Å². The fraction of sp³-hybridized carbons (Fsp3) is 0.917. The molecule has 0 radical (unpaired) electrons. The highest BCUT2D eigenvalue weighted by Crippen LogP contribution is 2.30. The molecule has 0 bridgehead atoms. The van der Waals surface area contributed by atoms with E-state index in [0.29, 0.717) is 12.3 Å². The van der Waals surface area contributed by atoms with Crippen LogP contribution in [0.5, 0.6) is 0 Å². The second kappa shape index (κ2) is 13.0. The van der Waals surface area contributed by atoms with Gasteiger partial charge in [-0.25, -0.2) is 9.18 Å². The Kier molecular flexibility index (Phi) is 11.7. The number of hydrogen-bond acceptors (Lipinski definition) is 7. The van der Waals surface area contributed by atoms with Gasteiger partial charge in [-0.3, -0.25) is 4.79 Å². The average Bonchev–Trinajstić information content (AvgIpc) is 2.72. The zero-order chi connectivity index (χ0) is 24.6. The number of hydrogen-bond donors (Lipinski definition) is 3. The molecule has 4 N–H and O–H groups in total. The predicted molar refractivity (Wildman–Crippen MR) is 123 cm³/mol. The lowest BCUT2D eigenvalue weighted by molar-refractivity contribution is -0.171. The minimum absolute atomic E-state index is 0.0370. The maximum atomic E-state index is 15.5. The topological polar surface area (TPSA) is 111 Å². The first-order valence-electron chi connectivity index (χ1n) is 12.0. The Balaban J connectivity index is 3.20. The van der Waals surface area contributed by atoms with Gasteiger partial charge in [0.2, 0.25) is 0 Å². The first-order chi connectivity index (χ1) is 14.8. The number of rotatable bonds is 5. The number of carbonyl (C=O) groups excluding carboxylic acids is 2. The van der Waals surface area contributed by atoms with Crippen molar-refractivity contribution in [2.75, 3.05) is 19.7 Å². The Morgan fingerprint density at radius 3 is 2.47 bits per heavy atom. The average molecular weight is 461 g/mol. The van der Waals surface area contributed by atoms with Crippen molar-refractivity contribution in [3.63, 3.8) is 0 Å². The van der Waals surface area contributed by atoms with E-state index in [4.69, 9.17) is 15.2 Å². The highest BCUT2D eigenvalue weighted by molar-refractivity contribution is 6.07. The molecule has 0 spiro atoms. The van der Waals surface area contributed by atoms with Crippen LogP contribution >= 0.6 is 0 Å². The zero-order valence-electron chi connectivity index (χ0n) is 20.9. The molecule has 0 aromatic rings. The lowest BCUT2D eigenvalue weighted by atomic mass is 9.81. The zero-order valence-corrected chi connectivity index (χ0v) is 20.9. The predicted octanol–water partition coefficient (Wildman–Crippen LogP) is 2.63. The third kappa shape index (κ3) is 8.04. The van der Waals surface area contributed by atoms with Gasteiger partial charge in [0.25, 0.3) is 5.67 Å². The van der Waals surface area contributed by atoms with Crippen molar-refractivity contribution in [3.05, 3.63) is 0 Å². The second-order valence-corrected chi connectivity index (χ2v) is 10.0. The molecular weight excluding hydrogens is 415 g/mol. The lowest BCUT2D eigenvalue weighted by Gasteiger charge is -2.34. The molecule has 7 nitrogen and oxygen atoms in total. The van der Waals surface area contributed by atoms with E-state index >= 15 is 4.39 Å². The fourth-order valence-corrected chi connectivity index (χ4v) is 4.41. The van der Waals surface area contributed by atoms with Crippen LogP contribution in [-0.4, -0.2) is 66.6 Å². The summed E-state index contributed by atoms with van der Waals surface area (Å²) < 4.78 is 26.9. The highest BCUT2D eigenvalue weighted by Gasteiger charge is 2.49. The summed E-state index contributed by atoms with van der Waals surface area (Å²) in [6, 6.07) is -0.504. The Hall–Kier alpha value is -1.09. The van der Waals surface area contributed by atoms with Crippen LogP contribution in [0, 0.1) is 23.7 Å². The number of ether oxygens (including phenoxy) is 2. The molecule has 32 heavy (non-hydrogen) atoms. The number of aliphatic hydroxyl groups excluding tert-OH is 1. The Labute approximate surface area is 193 Å². The van der Waals surface area contributed by atoms with Crippen molar-refractivity contribution in [1.82, 2.24) is 5.32 Å². The minimum Gasteiger partial charge on any atom is -0.459 e. The second-order valence-electron chi connectivity index (χ2n) is 10.0. The summed E-state index contributed by atoms with van der Waals surface area (Å²) >= 11 is 0. The molecule has 0 aromatic carbocycles. The summed E-state index contributed by atoms with van der Waals surface area (Å²) in [6.45, 7) is 13.6. The van der Waals surface area contributed by atoms with Crippen molar-refractivity contribution in [2.45, 2.75) is 97.8 Å². The number of cyclic esters (lactones) is 1. The van der Waals surface area contributed by atoms with Crippen LogP contribution in [0.25, 0.3) is 0 Å². The van der Waals surface area contributed by atoms with E-state index in [1.54, 1.807) is 13.8 Å². The maximum absolute atomic E-state index is 15.5. The van der Waals surface area contributed by atoms with Crippen molar-refractivity contribution in [3.8, 4) is 0 Å². The van der Waals surface area contributed by atoms with E-state index in [-0.39, 0.29) is 18.4 Å². The van der Waals surface area contributed by atoms with Crippen LogP contribution < -0.4 is 11.1 Å². The van der Waals surface area contributed by atoms with Crippen molar-refractivity contribution in [2.24, 2.45) is 29.4 Å². The SMILES string of the molecule is CC[C@H]1OC(=O)C(C)(F)C(=O)[C@H](C)[C@@H](OCC(O)C(C)N)[C@@H](C)C[C@@H](C)CNCC[C@H]1C. The van der Waals surface area contributed by atoms with E-state index in [1.165, 1.54) is 0 Å². The number of halogens is 1. The van der Waals surface area contributed by atoms with Crippen LogP contribution in [0.2, 0.25) is 0 Å². The molecule has 0 amide bonds. The monoisotopic (exact) mass is 460 g/mol. The number of nitrogens with two attached hydrogens (primary N) is 1. The van der Waals surface area contributed by atoms with Gasteiger partial charge in [-0.05, 0) is 64.0 Å². The summed E-state index contributed by atoms with van der Waals surface area (Å²) in [6.07, 6.45) is 0.0196. The molecule has 3 unspecified atom stereocenters. The molecule has 8 heteroatoms. The molecule has 1 heterocycles. The van der Waals surface area contributed by atoms with Gasteiger partial charge in [-0.2, -0.15) is 0 Å². The molecule has 1 aliphatic heterocycles. The third-order valence-electron chi connectivity index (χ3n) is 6.72. The Bertz CT molecular complexity index is 601. The Morgan fingerprint density at radius 2 is 1.91 bits per heavy atom.